The molecule has 164 valence electrons. The molecule has 32 heavy (non-hydrogen) atoms. The van der Waals surface area contributed by atoms with E-state index in [1.807, 2.05) is 12.1 Å². The van der Waals surface area contributed by atoms with Crippen LogP contribution in [0, 0.1) is 5.82 Å². The summed E-state index contributed by atoms with van der Waals surface area (Å²) in [5, 5.41) is 7.03. The number of benzene rings is 3. The van der Waals surface area contributed by atoms with Gasteiger partial charge in [0.05, 0.1) is 10.7 Å². The molecule has 9 heteroatoms. The van der Waals surface area contributed by atoms with E-state index in [0.29, 0.717) is 28.6 Å². The van der Waals surface area contributed by atoms with Crippen LogP contribution in [0.25, 0.3) is 0 Å². The van der Waals surface area contributed by atoms with Gasteiger partial charge < -0.3 is 10.1 Å². The average molecular weight is 519 g/mol. The van der Waals surface area contributed by atoms with Crippen LogP contribution in [0.5, 0.6) is 5.75 Å². The number of hydrazone groups is 1. The Morgan fingerprint density at radius 2 is 1.75 bits per heavy atom. The summed E-state index contributed by atoms with van der Waals surface area (Å²) < 4.78 is 19.4. The van der Waals surface area contributed by atoms with Crippen LogP contribution in [0.15, 0.2) is 76.3 Å². The van der Waals surface area contributed by atoms with E-state index in [1.165, 1.54) is 30.5 Å². The number of hydrogen-bond acceptors (Lipinski definition) is 4. The van der Waals surface area contributed by atoms with Crippen LogP contribution in [0.4, 0.5) is 10.1 Å². The highest BCUT2D eigenvalue weighted by atomic mass is 79.9. The number of hydrogen-bond donors (Lipinski definition) is 2. The van der Waals surface area contributed by atoms with Gasteiger partial charge in [-0.05, 0) is 81.7 Å². The predicted molar refractivity (Wildman–Crippen MR) is 125 cm³/mol. The lowest BCUT2D eigenvalue weighted by Gasteiger charge is -2.09. The summed E-state index contributed by atoms with van der Waals surface area (Å²) in [6.45, 7) is 0.388. The molecule has 3 aromatic rings. The number of nitrogens with zero attached hydrogens (tertiary/aromatic N) is 1. The number of ether oxygens (including phenoxy) is 1. The van der Waals surface area contributed by atoms with Crippen molar-refractivity contribution in [1.82, 2.24) is 5.43 Å². The molecule has 0 atom stereocenters. The number of carbonyl (C=O) groups excluding carboxylic acids is 2. The van der Waals surface area contributed by atoms with E-state index in [2.05, 4.69) is 31.8 Å². The molecule has 0 radical (unpaired) electrons. The van der Waals surface area contributed by atoms with Crippen molar-refractivity contribution in [3.8, 4) is 5.75 Å². The van der Waals surface area contributed by atoms with E-state index in [0.717, 1.165) is 10.0 Å². The Morgan fingerprint density at radius 3 is 2.44 bits per heavy atom. The highest BCUT2D eigenvalue weighted by molar-refractivity contribution is 9.10. The third-order valence-electron chi connectivity index (χ3n) is 4.12. The number of carbonyl (C=O) groups is 2. The molecular weight excluding hydrogens is 501 g/mol. The Bertz CT molecular complexity index is 1120. The summed E-state index contributed by atoms with van der Waals surface area (Å²) in [4.78, 5) is 23.7. The van der Waals surface area contributed by atoms with Gasteiger partial charge in [0.25, 0.3) is 0 Å². The third kappa shape index (κ3) is 7.47. The van der Waals surface area contributed by atoms with Crippen LogP contribution in [0.2, 0.25) is 5.02 Å². The number of nitrogens with one attached hydrogen (secondary N) is 2. The highest BCUT2D eigenvalue weighted by Gasteiger charge is 2.09. The number of rotatable bonds is 8. The van der Waals surface area contributed by atoms with Gasteiger partial charge in [0.2, 0.25) is 11.8 Å². The molecule has 0 unspecified atom stereocenters. The quantitative estimate of drug-likeness (QED) is 0.241. The molecule has 0 saturated carbocycles. The zero-order chi connectivity index (χ0) is 22.9. The van der Waals surface area contributed by atoms with Crippen molar-refractivity contribution in [2.45, 2.75) is 13.0 Å². The van der Waals surface area contributed by atoms with Crippen molar-refractivity contribution in [3.05, 3.63) is 93.2 Å². The SMILES string of the molecule is O=C(CC(=O)Nc1ccc(F)cc1)NN=Cc1ccc(OCc2ccc(Cl)cc2)c(Br)c1. The minimum atomic E-state index is -0.581. The summed E-state index contributed by atoms with van der Waals surface area (Å²) in [5.74, 6) is -0.876. The maximum absolute atomic E-state index is 12.9. The second-order valence-electron chi connectivity index (χ2n) is 6.63. The van der Waals surface area contributed by atoms with Gasteiger partial charge in [0.15, 0.2) is 0 Å². The van der Waals surface area contributed by atoms with E-state index in [9.17, 15) is 14.0 Å². The van der Waals surface area contributed by atoms with E-state index in [-0.39, 0.29) is 0 Å². The highest BCUT2D eigenvalue weighted by Crippen LogP contribution is 2.26. The van der Waals surface area contributed by atoms with Gasteiger partial charge in [-0.15, -0.1) is 0 Å². The van der Waals surface area contributed by atoms with Gasteiger partial charge >= 0.3 is 0 Å². The van der Waals surface area contributed by atoms with Crippen LogP contribution in [0.3, 0.4) is 0 Å². The first kappa shape index (κ1) is 23.4. The number of halogens is 3. The molecule has 2 amide bonds. The van der Waals surface area contributed by atoms with Crippen LogP contribution in [0.1, 0.15) is 17.5 Å². The summed E-state index contributed by atoms with van der Waals surface area (Å²) in [6, 6.07) is 18.0. The maximum Gasteiger partial charge on any atom is 0.249 e. The monoisotopic (exact) mass is 517 g/mol. The second-order valence-corrected chi connectivity index (χ2v) is 7.92. The van der Waals surface area contributed by atoms with Crippen molar-refractivity contribution in [1.29, 1.82) is 0 Å². The third-order valence-corrected chi connectivity index (χ3v) is 4.99. The molecule has 0 spiro atoms. The van der Waals surface area contributed by atoms with E-state index < -0.39 is 24.1 Å². The zero-order valence-electron chi connectivity index (χ0n) is 16.6. The number of amides is 2. The molecule has 0 bridgehead atoms. The van der Waals surface area contributed by atoms with Gasteiger partial charge in [0, 0.05) is 10.7 Å². The Balaban J connectivity index is 1.46. The van der Waals surface area contributed by atoms with Gasteiger partial charge in [-0.2, -0.15) is 5.10 Å². The molecule has 3 rings (SSSR count). The molecular formula is C23H18BrClFN3O3. The smallest absolute Gasteiger partial charge is 0.249 e. The molecule has 0 aliphatic carbocycles. The first-order valence-electron chi connectivity index (χ1n) is 9.43. The minimum Gasteiger partial charge on any atom is -0.488 e. The summed E-state index contributed by atoms with van der Waals surface area (Å²) in [5.41, 5.74) is 4.39. The Hall–Kier alpha value is -3.23. The Labute approximate surface area is 197 Å². The maximum atomic E-state index is 12.9. The van der Waals surface area contributed by atoms with Gasteiger partial charge in [0.1, 0.15) is 24.6 Å². The first-order valence-corrected chi connectivity index (χ1v) is 10.6. The topological polar surface area (TPSA) is 79.8 Å². The average Bonchev–Trinajstić information content (AvgIpc) is 2.76. The molecule has 0 aromatic heterocycles. The fraction of sp³-hybridized carbons (Fsp3) is 0.0870. The molecule has 0 aliphatic heterocycles. The Kier molecular flexibility index (Phi) is 8.35. The standard InChI is InChI=1S/C23H18BrClFN3O3/c24-20-11-16(3-10-21(20)32-14-15-1-4-17(25)5-2-15)13-27-29-23(31)12-22(30)28-19-8-6-18(26)7-9-19/h1-11,13H,12,14H2,(H,28,30)(H,29,31). The largest absolute Gasteiger partial charge is 0.488 e. The normalized spacial score (nSPS) is 10.7. The summed E-state index contributed by atoms with van der Waals surface area (Å²) in [6.07, 6.45) is 1.03. The molecule has 0 heterocycles. The van der Waals surface area contributed by atoms with Crippen LogP contribution in [-0.2, 0) is 16.2 Å². The molecule has 0 fully saturated rings. The van der Waals surface area contributed by atoms with Crippen molar-refractivity contribution >= 4 is 51.2 Å². The summed E-state index contributed by atoms with van der Waals surface area (Å²) >= 11 is 9.33. The molecule has 0 saturated heterocycles. The molecule has 6 nitrogen and oxygen atoms in total. The van der Waals surface area contributed by atoms with E-state index in [1.54, 1.807) is 30.3 Å². The zero-order valence-corrected chi connectivity index (χ0v) is 19.0. The van der Waals surface area contributed by atoms with Crippen molar-refractivity contribution in [2.24, 2.45) is 5.10 Å². The lowest BCUT2D eigenvalue weighted by atomic mass is 10.2. The molecule has 0 aliphatic rings. The lowest BCUT2D eigenvalue weighted by Crippen LogP contribution is -2.24. The molecule has 2 N–H and O–H groups in total. The number of anilines is 1. The molecule has 3 aromatic carbocycles. The van der Waals surface area contributed by atoms with Gasteiger partial charge in [-0.25, -0.2) is 9.82 Å². The second kappa shape index (κ2) is 11.4. The minimum absolute atomic E-state index is 0.388. The predicted octanol–water partition coefficient (Wildman–Crippen LogP) is 5.30. The van der Waals surface area contributed by atoms with Crippen molar-refractivity contribution in [2.75, 3.05) is 5.32 Å². The van der Waals surface area contributed by atoms with Crippen LogP contribution in [-0.4, -0.2) is 18.0 Å². The van der Waals surface area contributed by atoms with E-state index in [4.69, 9.17) is 16.3 Å². The van der Waals surface area contributed by atoms with Crippen LogP contribution < -0.4 is 15.5 Å². The fourth-order valence-electron chi connectivity index (χ4n) is 2.56. The van der Waals surface area contributed by atoms with Gasteiger partial charge in [-0.1, -0.05) is 23.7 Å². The fourth-order valence-corrected chi connectivity index (χ4v) is 3.20. The lowest BCUT2D eigenvalue weighted by molar-refractivity contribution is -0.126. The van der Waals surface area contributed by atoms with E-state index >= 15 is 0 Å². The van der Waals surface area contributed by atoms with Gasteiger partial charge in [-0.3, -0.25) is 9.59 Å². The van der Waals surface area contributed by atoms with Crippen molar-refractivity contribution < 1.29 is 18.7 Å². The first-order chi connectivity index (χ1) is 15.4. The summed E-state index contributed by atoms with van der Waals surface area (Å²) in [7, 11) is 0. The van der Waals surface area contributed by atoms with Crippen molar-refractivity contribution in [3.63, 3.8) is 0 Å². The Morgan fingerprint density at radius 1 is 1.03 bits per heavy atom. The van der Waals surface area contributed by atoms with Crippen LogP contribution >= 0.6 is 27.5 Å².